The van der Waals surface area contributed by atoms with Gasteiger partial charge in [0.05, 0.1) is 22.2 Å². The van der Waals surface area contributed by atoms with Crippen molar-refractivity contribution in [3.8, 4) is 12.1 Å². The number of thioether (sulfide) groups is 1. The summed E-state index contributed by atoms with van der Waals surface area (Å²) in [5, 5.41) is 18.8. The second-order valence-electron chi connectivity index (χ2n) is 5.33. The third-order valence-electron chi connectivity index (χ3n) is 2.76. The number of halogens is 2. The molecular weight excluding hydrogens is 299 g/mol. The van der Waals surface area contributed by atoms with Gasteiger partial charge in [0, 0.05) is 15.7 Å². The summed E-state index contributed by atoms with van der Waals surface area (Å²) < 4.78 is 0.235. The normalized spacial score (nSPS) is 19.6. The van der Waals surface area contributed by atoms with Crippen molar-refractivity contribution in [2.75, 3.05) is 5.75 Å². The first-order valence-electron chi connectivity index (χ1n) is 6.05. The fraction of sp³-hybridized carbons (Fsp3) is 0.571. The predicted octanol–water partition coefficient (Wildman–Crippen LogP) is 4.96. The van der Waals surface area contributed by atoms with Gasteiger partial charge in [0.15, 0.2) is 0 Å². The molecule has 0 spiro atoms. The van der Waals surface area contributed by atoms with Gasteiger partial charge in [-0.2, -0.15) is 22.3 Å². The fourth-order valence-corrected chi connectivity index (χ4v) is 3.38. The van der Waals surface area contributed by atoms with Crippen molar-refractivity contribution in [2.45, 2.75) is 38.4 Å². The van der Waals surface area contributed by atoms with Gasteiger partial charge in [-0.1, -0.05) is 44.0 Å². The molecule has 0 saturated carbocycles. The topological polar surface area (TPSA) is 47.6 Å². The number of nitriles is 2. The third kappa shape index (κ3) is 4.18. The van der Waals surface area contributed by atoms with E-state index in [0.717, 1.165) is 18.6 Å². The number of hydrogen-bond acceptors (Lipinski definition) is 3. The summed E-state index contributed by atoms with van der Waals surface area (Å²) in [6.45, 7) is 6.52. The number of allylic oxidation sites excluding steroid dienone is 4. The number of rotatable bonds is 4. The molecule has 1 rings (SSSR count). The third-order valence-corrected chi connectivity index (χ3v) is 5.06. The maximum absolute atomic E-state index is 9.15. The smallest absolute Gasteiger partial charge is 0.102 e. The van der Waals surface area contributed by atoms with Gasteiger partial charge >= 0.3 is 0 Å². The Kier molecular flexibility index (Phi) is 5.81. The zero-order valence-electron chi connectivity index (χ0n) is 11.3. The Morgan fingerprint density at radius 3 is 2.32 bits per heavy atom. The average Bonchev–Trinajstić information content (AvgIpc) is 2.56. The van der Waals surface area contributed by atoms with Crippen LogP contribution in [0.3, 0.4) is 0 Å². The van der Waals surface area contributed by atoms with Crippen molar-refractivity contribution in [3.05, 3.63) is 21.2 Å². The summed E-state index contributed by atoms with van der Waals surface area (Å²) in [7, 11) is 0. The van der Waals surface area contributed by atoms with Crippen molar-refractivity contribution in [1.82, 2.24) is 0 Å². The molecule has 0 N–H and O–H groups in total. The summed E-state index contributed by atoms with van der Waals surface area (Å²) in [5.74, 6) is 0.803. The maximum atomic E-state index is 9.15. The quantitative estimate of drug-likeness (QED) is 0.689. The van der Waals surface area contributed by atoms with E-state index in [-0.39, 0.29) is 21.3 Å². The van der Waals surface area contributed by atoms with Crippen molar-refractivity contribution >= 4 is 35.0 Å². The minimum atomic E-state index is -0.200. The van der Waals surface area contributed by atoms with E-state index in [4.69, 9.17) is 33.7 Å². The second kappa shape index (κ2) is 6.71. The molecule has 1 aliphatic carbocycles. The van der Waals surface area contributed by atoms with E-state index >= 15 is 0 Å². The summed E-state index contributed by atoms with van der Waals surface area (Å²) in [4.78, 5) is 0. The van der Waals surface area contributed by atoms with Gasteiger partial charge in [-0.05, 0) is 18.6 Å². The standard InChI is InChI=1S/C14H16Cl2N2S/c1-14(2,3)19-6-4-5-9-10(7-17)11(8-18)13(16)12(9)15/h9H,4-6H2,1-3H3. The lowest BCUT2D eigenvalue weighted by atomic mass is 9.97. The predicted molar refractivity (Wildman–Crippen MR) is 81.9 cm³/mol. The van der Waals surface area contributed by atoms with Gasteiger partial charge in [0.25, 0.3) is 0 Å². The Balaban J connectivity index is 2.67. The first-order chi connectivity index (χ1) is 8.81. The van der Waals surface area contributed by atoms with Crippen LogP contribution in [-0.4, -0.2) is 10.5 Å². The Morgan fingerprint density at radius 1 is 1.21 bits per heavy atom. The van der Waals surface area contributed by atoms with Crippen molar-refractivity contribution in [3.63, 3.8) is 0 Å². The molecule has 0 heterocycles. The van der Waals surface area contributed by atoms with Crippen molar-refractivity contribution < 1.29 is 0 Å². The largest absolute Gasteiger partial charge is 0.193 e. The molecule has 0 aliphatic heterocycles. The molecule has 19 heavy (non-hydrogen) atoms. The van der Waals surface area contributed by atoms with Crippen LogP contribution in [0.4, 0.5) is 0 Å². The van der Waals surface area contributed by atoms with Crippen molar-refractivity contribution in [2.24, 2.45) is 5.92 Å². The molecule has 0 radical (unpaired) electrons. The van der Waals surface area contributed by atoms with Crippen LogP contribution in [0, 0.1) is 28.6 Å². The SMILES string of the molecule is CC(C)(C)SCCCC1C(Cl)=C(Cl)C(C#N)=C1C#N. The van der Waals surface area contributed by atoms with E-state index in [0.29, 0.717) is 10.6 Å². The highest BCUT2D eigenvalue weighted by atomic mass is 35.5. The minimum absolute atomic E-state index is 0.200. The van der Waals surface area contributed by atoms with Gasteiger partial charge in [-0.3, -0.25) is 0 Å². The molecule has 0 aromatic heterocycles. The monoisotopic (exact) mass is 314 g/mol. The molecule has 102 valence electrons. The Labute approximate surface area is 129 Å². The van der Waals surface area contributed by atoms with Gasteiger partial charge < -0.3 is 0 Å². The molecule has 1 aliphatic rings. The van der Waals surface area contributed by atoms with Gasteiger partial charge in [0.2, 0.25) is 0 Å². The number of hydrogen-bond donors (Lipinski definition) is 0. The van der Waals surface area contributed by atoms with E-state index in [9.17, 15) is 0 Å². The molecule has 2 nitrogen and oxygen atoms in total. The summed E-state index contributed by atoms with van der Waals surface area (Å²) in [5.41, 5.74) is 0.654. The molecule has 0 amide bonds. The Bertz CT molecular complexity index is 501. The van der Waals surface area contributed by atoms with E-state index in [1.807, 2.05) is 17.8 Å². The molecule has 0 bridgehead atoms. The molecular formula is C14H16Cl2N2S. The van der Waals surface area contributed by atoms with E-state index < -0.39 is 0 Å². The highest BCUT2D eigenvalue weighted by Crippen LogP contribution is 2.43. The van der Waals surface area contributed by atoms with Crippen molar-refractivity contribution in [1.29, 1.82) is 10.5 Å². The molecule has 0 fully saturated rings. The molecule has 5 heteroatoms. The highest BCUT2D eigenvalue weighted by Gasteiger charge is 2.32. The Hall–Kier alpha value is -0.610. The lowest BCUT2D eigenvalue weighted by Gasteiger charge is -2.18. The molecule has 0 aromatic carbocycles. The lowest BCUT2D eigenvalue weighted by molar-refractivity contribution is 0.670. The van der Waals surface area contributed by atoms with Crippen LogP contribution in [0.15, 0.2) is 21.2 Å². The zero-order valence-corrected chi connectivity index (χ0v) is 13.6. The van der Waals surface area contributed by atoms with Gasteiger partial charge in [-0.15, -0.1) is 0 Å². The molecule has 1 atom stereocenters. The van der Waals surface area contributed by atoms with Crippen LogP contribution in [0.5, 0.6) is 0 Å². The Morgan fingerprint density at radius 2 is 1.84 bits per heavy atom. The van der Waals surface area contributed by atoms with Crippen LogP contribution in [0.1, 0.15) is 33.6 Å². The van der Waals surface area contributed by atoms with Crippen LogP contribution in [0.2, 0.25) is 0 Å². The molecule has 0 saturated heterocycles. The highest BCUT2D eigenvalue weighted by molar-refractivity contribution is 8.00. The van der Waals surface area contributed by atoms with E-state index in [1.54, 1.807) is 0 Å². The number of nitrogens with zero attached hydrogens (tertiary/aromatic N) is 2. The zero-order chi connectivity index (χ0) is 14.6. The van der Waals surface area contributed by atoms with Crippen LogP contribution in [-0.2, 0) is 0 Å². The average molecular weight is 315 g/mol. The van der Waals surface area contributed by atoms with Gasteiger partial charge in [-0.25, -0.2) is 0 Å². The molecule has 0 aromatic rings. The summed E-state index contributed by atoms with van der Waals surface area (Å²) in [6, 6.07) is 4.04. The van der Waals surface area contributed by atoms with E-state index in [2.05, 4.69) is 26.8 Å². The summed E-state index contributed by atoms with van der Waals surface area (Å²) in [6.07, 6.45) is 1.70. The fourth-order valence-electron chi connectivity index (χ4n) is 1.87. The summed E-state index contributed by atoms with van der Waals surface area (Å²) >= 11 is 14.0. The van der Waals surface area contributed by atoms with Crippen LogP contribution >= 0.6 is 35.0 Å². The second-order valence-corrected chi connectivity index (χ2v) is 8.04. The molecule has 1 unspecified atom stereocenters. The first kappa shape index (κ1) is 16.4. The lowest BCUT2D eigenvalue weighted by Crippen LogP contribution is -2.09. The first-order valence-corrected chi connectivity index (χ1v) is 7.80. The minimum Gasteiger partial charge on any atom is -0.193 e. The van der Waals surface area contributed by atoms with E-state index in [1.165, 1.54) is 0 Å². The van der Waals surface area contributed by atoms with Crippen LogP contribution < -0.4 is 0 Å². The van der Waals surface area contributed by atoms with Gasteiger partial charge in [0.1, 0.15) is 6.07 Å². The van der Waals surface area contributed by atoms with Crippen LogP contribution in [0.25, 0.3) is 0 Å². The maximum Gasteiger partial charge on any atom is 0.102 e.